The fraction of sp³-hybridized carbons (Fsp3) is 0. The van der Waals surface area contributed by atoms with E-state index in [-0.39, 0.29) is 42.5 Å². The second-order valence-electron chi connectivity index (χ2n) is 5.68. The summed E-state index contributed by atoms with van der Waals surface area (Å²) in [5.41, 5.74) is 0.418. The molecule has 0 atom stereocenters. The van der Waals surface area contributed by atoms with E-state index in [0.29, 0.717) is 0 Å². The van der Waals surface area contributed by atoms with E-state index in [2.05, 4.69) is 31.9 Å². The van der Waals surface area contributed by atoms with Crippen molar-refractivity contribution in [2.45, 2.75) is 0 Å². The minimum Gasteiger partial charge on any atom is -0.389 e. The van der Waals surface area contributed by atoms with E-state index in [1.54, 1.807) is 0 Å². The highest BCUT2D eigenvalue weighted by Crippen LogP contribution is 2.46. The van der Waals surface area contributed by atoms with Crippen molar-refractivity contribution in [3.8, 4) is 0 Å². The summed E-state index contributed by atoms with van der Waals surface area (Å²) < 4.78 is 32.3. The summed E-state index contributed by atoms with van der Waals surface area (Å²) in [6.45, 7) is -4.20. The quantitative estimate of drug-likeness (QED) is 0.321. The first kappa shape index (κ1) is 17.6. The van der Waals surface area contributed by atoms with Crippen LogP contribution < -0.4 is 0 Å². The van der Waals surface area contributed by atoms with Crippen molar-refractivity contribution in [2.75, 3.05) is 0 Å². The van der Waals surface area contributed by atoms with Crippen LogP contribution >= 0.6 is 43.5 Å². The van der Waals surface area contributed by atoms with Gasteiger partial charge in [0.1, 0.15) is 0 Å². The summed E-state index contributed by atoms with van der Waals surface area (Å²) in [6, 6.07) is 7.23. The van der Waals surface area contributed by atoms with E-state index in [4.69, 9.17) is 11.6 Å². The van der Waals surface area contributed by atoms with Crippen molar-refractivity contribution in [3.05, 3.63) is 79.2 Å². The van der Waals surface area contributed by atoms with Gasteiger partial charge in [0.2, 0.25) is 4.62 Å². The average Bonchev–Trinajstić information content (AvgIpc) is 3.13. The maximum absolute atomic E-state index is 15.2. The van der Waals surface area contributed by atoms with Gasteiger partial charge in [0, 0.05) is 39.8 Å². The molecule has 0 spiro atoms. The van der Waals surface area contributed by atoms with E-state index in [1.807, 2.05) is 0 Å². The number of nitro benzene ring substituents is 1. The Morgan fingerprint density at radius 2 is 1.92 bits per heavy atom. The third kappa shape index (κ3) is 2.28. The Balaban J connectivity index is 2.18. The molecular formula is C15H7BBr2ClF2N3O2. The first-order valence-corrected chi connectivity index (χ1v) is 9.28. The highest BCUT2D eigenvalue weighted by molar-refractivity contribution is 9.18. The minimum absolute atomic E-state index is 0.101. The first-order chi connectivity index (χ1) is 12.2. The van der Waals surface area contributed by atoms with Gasteiger partial charge in [-0.2, -0.15) is 0 Å². The van der Waals surface area contributed by atoms with Crippen LogP contribution in [0.2, 0.25) is 5.02 Å². The van der Waals surface area contributed by atoms with E-state index in [9.17, 15) is 10.1 Å². The van der Waals surface area contributed by atoms with Crippen LogP contribution in [0.1, 0.15) is 11.3 Å². The number of rotatable bonds is 2. The Hall–Kier alpha value is -1.78. The topological polar surface area (TPSA) is 51.1 Å². The van der Waals surface area contributed by atoms with E-state index in [0.717, 1.165) is 8.96 Å². The van der Waals surface area contributed by atoms with Gasteiger partial charge < -0.3 is 17.6 Å². The number of hydrogen-bond donors (Lipinski definition) is 0. The number of nitrogens with zero attached hydrogens (tertiary/aromatic N) is 3. The van der Waals surface area contributed by atoms with Gasteiger partial charge in [-0.1, -0.05) is 17.7 Å². The molecule has 0 bridgehead atoms. The van der Waals surface area contributed by atoms with Gasteiger partial charge in [0.25, 0.3) is 5.69 Å². The molecule has 2 aromatic rings. The molecule has 0 saturated heterocycles. The van der Waals surface area contributed by atoms with Crippen LogP contribution in [-0.4, -0.2) is 25.5 Å². The predicted molar refractivity (Wildman–Crippen MR) is 103 cm³/mol. The molecule has 0 amide bonds. The number of halogens is 5. The second-order valence-corrected chi connectivity index (χ2v) is 7.71. The molecule has 132 valence electrons. The fourth-order valence-electron chi connectivity index (χ4n) is 3.30. The molecular weight excluding hydrogens is 498 g/mol. The van der Waals surface area contributed by atoms with Crippen molar-refractivity contribution in [1.29, 1.82) is 0 Å². The number of allylic oxidation sites excluding steroid dienone is 2. The van der Waals surface area contributed by atoms with Crippen molar-refractivity contribution in [3.63, 3.8) is 0 Å². The van der Waals surface area contributed by atoms with Crippen LogP contribution in [-0.2, 0) is 0 Å². The molecule has 0 radical (unpaired) electrons. The van der Waals surface area contributed by atoms with Crippen LogP contribution in [0, 0.1) is 10.1 Å². The van der Waals surface area contributed by atoms with E-state index < -0.39 is 11.9 Å². The SMILES string of the molecule is O=[N+]([O-])c1cccc(Cl)c1C1=C2C=CC(Br)=[N+]2[B-](F)(F)n2c(Br)ccc21. The molecule has 0 fully saturated rings. The molecule has 1 aromatic carbocycles. The predicted octanol–water partition coefficient (Wildman–Crippen LogP) is 5.18. The van der Waals surface area contributed by atoms with Gasteiger partial charge in [0.05, 0.1) is 25.7 Å². The van der Waals surface area contributed by atoms with Gasteiger partial charge in [-0.3, -0.25) is 10.1 Å². The lowest BCUT2D eigenvalue weighted by molar-refractivity contribution is -0.385. The Morgan fingerprint density at radius 3 is 2.62 bits per heavy atom. The normalized spacial score (nSPS) is 17.6. The molecule has 3 heterocycles. The van der Waals surface area contributed by atoms with E-state index in [1.165, 1.54) is 42.5 Å². The standard InChI is InChI=1S/C15H7BBr2ClF2N3O2/c17-12-6-4-9-15(14-8(19)2-1-3-11(14)24(25)26)10-5-7-13(18)23(10)16(20,21)22(9)12/h1-7H. The number of fused-ring (bicyclic) bond motifs is 2. The summed E-state index contributed by atoms with van der Waals surface area (Å²) in [5.74, 6) is 0. The van der Waals surface area contributed by atoms with Gasteiger partial charge in [-0.15, -0.1) is 0 Å². The van der Waals surface area contributed by atoms with Crippen molar-refractivity contribution in [1.82, 2.24) is 4.48 Å². The largest absolute Gasteiger partial charge is 0.738 e. The molecule has 0 saturated carbocycles. The molecule has 1 aromatic heterocycles. The van der Waals surface area contributed by atoms with Gasteiger partial charge in [-0.25, -0.2) is 0 Å². The number of nitro groups is 1. The smallest absolute Gasteiger partial charge is 0.389 e. The van der Waals surface area contributed by atoms with Crippen LogP contribution in [0.15, 0.2) is 52.8 Å². The van der Waals surface area contributed by atoms with Crippen molar-refractivity contribution in [2.24, 2.45) is 0 Å². The van der Waals surface area contributed by atoms with Crippen LogP contribution in [0.25, 0.3) is 5.57 Å². The lowest BCUT2D eigenvalue weighted by Gasteiger charge is -2.32. The summed E-state index contributed by atoms with van der Waals surface area (Å²) >= 11 is 12.6. The molecule has 5 nitrogen and oxygen atoms in total. The Kier molecular flexibility index (Phi) is 3.98. The summed E-state index contributed by atoms with van der Waals surface area (Å²) in [6.07, 6.45) is 2.97. The Morgan fingerprint density at radius 1 is 1.19 bits per heavy atom. The van der Waals surface area contributed by atoms with Crippen LogP contribution in [0.4, 0.5) is 14.3 Å². The number of aromatic nitrogens is 1. The molecule has 0 unspecified atom stereocenters. The van der Waals surface area contributed by atoms with Gasteiger partial charge >= 0.3 is 6.97 Å². The second kappa shape index (κ2) is 5.87. The monoisotopic (exact) mass is 503 g/mol. The maximum atomic E-state index is 15.2. The maximum Gasteiger partial charge on any atom is 0.738 e. The Labute approximate surface area is 167 Å². The van der Waals surface area contributed by atoms with Crippen LogP contribution in [0.3, 0.4) is 0 Å². The third-order valence-corrected chi connectivity index (χ3v) is 5.92. The molecule has 26 heavy (non-hydrogen) atoms. The van der Waals surface area contributed by atoms with Crippen LogP contribution in [0.5, 0.6) is 0 Å². The zero-order valence-corrected chi connectivity index (χ0v) is 16.6. The highest BCUT2D eigenvalue weighted by atomic mass is 79.9. The lowest BCUT2D eigenvalue weighted by Crippen LogP contribution is -2.50. The first-order valence-electron chi connectivity index (χ1n) is 7.32. The average molecular weight is 505 g/mol. The number of benzene rings is 1. The fourth-order valence-corrected chi connectivity index (χ4v) is 4.70. The summed E-state index contributed by atoms with van der Waals surface area (Å²) in [4.78, 5) is 11.0. The molecule has 4 rings (SSSR count). The lowest BCUT2D eigenvalue weighted by atomic mass is 9.86. The minimum atomic E-state index is -4.20. The van der Waals surface area contributed by atoms with Crippen molar-refractivity contribution >= 4 is 66.3 Å². The third-order valence-electron chi connectivity index (χ3n) is 4.31. The molecule has 11 heteroatoms. The zero-order chi connectivity index (χ0) is 18.8. The summed E-state index contributed by atoms with van der Waals surface area (Å²) in [7, 11) is 0. The molecule has 2 aliphatic heterocycles. The Bertz CT molecular complexity index is 1090. The molecule has 0 N–H and O–H groups in total. The van der Waals surface area contributed by atoms with E-state index >= 15 is 8.63 Å². The summed E-state index contributed by atoms with van der Waals surface area (Å²) in [5, 5.41) is 11.6. The van der Waals surface area contributed by atoms with Gasteiger partial charge in [0.15, 0.2) is 5.70 Å². The van der Waals surface area contributed by atoms with Gasteiger partial charge in [-0.05, 0) is 34.1 Å². The molecule has 0 aliphatic carbocycles. The number of hydrogen-bond acceptors (Lipinski definition) is 2. The van der Waals surface area contributed by atoms with Crippen molar-refractivity contribution < 1.29 is 18.0 Å². The highest BCUT2D eigenvalue weighted by Gasteiger charge is 2.54. The zero-order valence-electron chi connectivity index (χ0n) is 12.7. The molecule has 2 aliphatic rings.